The summed E-state index contributed by atoms with van der Waals surface area (Å²) in [6, 6.07) is 8.98. The van der Waals surface area contributed by atoms with Gasteiger partial charge in [0.05, 0.1) is 19.3 Å². The van der Waals surface area contributed by atoms with E-state index in [2.05, 4.69) is 16.3 Å². The van der Waals surface area contributed by atoms with Crippen molar-refractivity contribution in [1.29, 1.82) is 0 Å². The highest BCUT2D eigenvalue weighted by molar-refractivity contribution is 5.78. The Morgan fingerprint density at radius 1 is 1.26 bits per heavy atom. The van der Waals surface area contributed by atoms with E-state index < -0.39 is 0 Å². The van der Waals surface area contributed by atoms with Crippen LogP contribution in [0.2, 0.25) is 0 Å². The summed E-state index contributed by atoms with van der Waals surface area (Å²) in [6.07, 6.45) is 4.46. The molecule has 2 aliphatic rings. The Hall–Kier alpha value is -1.75. The topological polar surface area (TPSA) is 44.8 Å². The minimum Gasteiger partial charge on any atom is -0.495 e. The van der Waals surface area contributed by atoms with Gasteiger partial charge in [0.15, 0.2) is 0 Å². The van der Waals surface area contributed by atoms with Crippen molar-refractivity contribution in [3.05, 3.63) is 24.3 Å². The van der Waals surface area contributed by atoms with E-state index in [4.69, 9.17) is 4.74 Å². The predicted octanol–water partition coefficient (Wildman–Crippen LogP) is 2.19. The van der Waals surface area contributed by atoms with Gasteiger partial charge in [-0.2, -0.15) is 0 Å². The minimum atomic E-state index is 0.267. The number of ether oxygens (including phenoxy) is 1. The molecule has 1 N–H and O–H groups in total. The van der Waals surface area contributed by atoms with Gasteiger partial charge in [-0.05, 0) is 37.8 Å². The third kappa shape index (κ3) is 4.16. The fraction of sp³-hybridized carbons (Fsp3) is 0.611. The molecule has 1 aromatic rings. The highest BCUT2D eigenvalue weighted by Gasteiger charge is 2.30. The maximum absolute atomic E-state index is 12.2. The van der Waals surface area contributed by atoms with E-state index in [1.54, 1.807) is 7.11 Å². The van der Waals surface area contributed by atoms with E-state index in [9.17, 15) is 4.79 Å². The van der Waals surface area contributed by atoms with Gasteiger partial charge >= 0.3 is 0 Å². The van der Waals surface area contributed by atoms with Gasteiger partial charge in [-0.3, -0.25) is 9.69 Å². The van der Waals surface area contributed by atoms with Crippen molar-refractivity contribution in [2.24, 2.45) is 0 Å². The summed E-state index contributed by atoms with van der Waals surface area (Å²) in [5.41, 5.74) is 1.05. The van der Waals surface area contributed by atoms with Gasteiger partial charge in [0.2, 0.25) is 5.91 Å². The molecule has 1 aliphatic heterocycles. The third-order valence-electron chi connectivity index (χ3n) is 4.90. The average molecular weight is 317 g/mol. The molecule has 0 bridgehead atoms. The lowest BCUT2D eigenvalue weighted by molar-refractivity contribution is -0.131. The number of methoxy groups -OCH3 is 1. The van der Waals surface area contributed by atoms with Gasteiger partial charge in [-0.1, -0.05) is 12.1 Å². The second kappa shape index (κ2) is 7.21. The molecule has 0 atom stereocenters. The Kier molecular flexibility index (Phi) is 5.06. The Labute approximate surface area is 138 Å². The van der Waals surface area contributed by atoms with Gasteiger partial charge in [-0.15, -0.1) is 0 Å². The number of nitrogens with zero attached hydrogens (tertiary/aromatic N) is 2. The minimum absolute atomic E-state index is 0.267. The fourth-order valence-corrected chi connectivity index (χ4v) is 3.19. The summed E-state index contributed by atoms with van der Waals surface area (Å²) in [5, 5.41) is 3.58. The standard InChI is InChI=1S/C18H27N3O2/c1-20(15-7-8-15)18(22)13-21-11-9-14(10-12-21)19-16-5-3-4-6-17(16)23-2/h3-6,14-15,19H,7-13H2,1-2H3. The number of hydrogen-bond donors (Lipinski definition) is 1. The second-order valence-electron chi connectivity index (χ2n) is 6.63. The molecule has 126 valence electrons. The predicted molar refractivity (Wildman–Crippen MR) is 91.9 cm³/mol. The van der Waals surface area contributed by atoms with E-state index in [0.717, 1.165) is 37.4 Å². The quantitative estimate of drug-likeness (QED) is 0.873. The molecule has 1 aliphatic carbocycles. The monoisotopic (exact) mass is 317 g/mol. The number of anilines is 1. The lowest BCUT2D eigenvalue weighted by atomic mass is 10.0. The number of benzene rings is 1. The van der Waals surface area contributed by atoms with Crippen molar-refractivity contribution >= 4 is 11.6 Å². The van der Waals surface area contributed by atoms with Crippen LogP contribution in [0.1, 0.15) is 25.7 Å². The summed E-state index contributed by atoms with van der Waals surface area (Å²) < 4.78 is 5.39. The zero-order valence-electron chi connectivity index (χ0n) is 14.1. The van der Waals surface area contributed by atoms with Crippen LogP contribution in [0.5, 0.6) is 5.75 Å². The first-order chi connectivity index (χ1) is 11.2. The molecule has 0 radical (unpaired) electrons. The molecule has 1 amide bonds. The number of rotatable bonds is 6. The van der Waals surface area contributed by atoms with Crippen LogP contribution in [0.25, 0.3) is 0 Å². The number of likely N-dealkylation sites (N-methyl/N-ethyl adjacent to an activating group) is 1. The largest absolute Gasteiger partial charge is 0.495 e. The molecule has 5 nitrogen and oxygen atoms in total. The lowest BCUT2D eigenvalue weighted by Gasteiger charge is -2.33. The second-order valence-corrected chi connectivity index (χ2v) is 6.63. The van der Waals surface area contributed by atoms with Crippen LogP contribution in [0.15, 0.2) is 24.3 Å². The van der Waals surface area contributed by atoms with Crippen LogP contribution in [0.4, 0.5) is 5.69 Å². The van der Waals surface area contributed by atoms with Crippen molar-refractivity contribution in [3.63, 3.8) is 0 Å². The summed E-state index contributed by atoms with van der Waals surface area (Å²) in [6.45, 7) is 2.50. The van der Waals surface area contributed by atoms with E-state index in [1.807, 2.05) is 30.1 Å². The lowest BCUT2D eigenvalue weighted by Crippen LogP contribution is -2.45. The van der Waals surface area contributed by atoms with Crippen LogP contribution in [-0.4, -0.2) is 61.6 Å². The molecule has 3 rings (SSSR count). The number of carbonyl (C=O) groups excluding carboxylic acids is 1. The van der Waals surface area contributed by atoms with Crippen molar-refractivity contribution in [1.82, 2.24) is 9.80 Å². The van der Waals surface area contributed by atoms with Crippen molar-refractivity contribution in [3.8, 4) is 5.75 Å². The van der Waals surface area contributed by atoms with E-state index in [1.165, 1.54) is 12.8 Å². The number of amides is 1. The zero-order valence-corrected chi connectivity index (χ0v) is 14.1. The van der Waals surface area contributed by atoms with E-state index >= 15 is 0 Å². The molecule has 0 aromatic heterocycles. The molecule has 23 heavy (non-hydrogen) atoms. The van der Waals surface area contributed by atoms with E-state index in [-0.39, 0.29) is 5.91 Å². The zero-order chi connectivity index (χ0) is 16.2. The Bertz CT molecular complexity index is 537. The fourth-order valence-electron chi connectivity index (χ4n) is 3.19. The van der Waals surface area contributed by atoms with Crippen LogP contribution >= 0.6 is 0 Å². The molecule has 5 heteroatoms. The van der Waals surface area contributed by atoms with Crippen molar-refractivity contribution < 1.29 is 9.53 Å². The highest BCUT2D eigenvalue weighted by atomic mass is 16.5. The smallest absolute Gasteiger partial charge is 0.236 e. The van der Waals surface area contributed by atoms with Gasteiger partial charge < -0.3 is 15.0 Å². The van der Waals surface area contributed by atoms with E-state index in [0.29, 0.717) is 18.6 Å². The molecule has 2 fully saturated rings. The normalized spacial score (nSPS) is 19.4. The van der Waals surface area contributed by atoms with Gasteiger partial charge in [0.25, 0.3) is 0 Å². The molecule has 1 aromatic carbocycles. The van der Waals surface area contributed by atoms with Gasteiger partial charge in [0.1, 0.15) is 5.75 Å². The highest BCUT2D eigenvalue weighted by Crippen LogP contribution is 2.27. The molecule has 0 unspecified atom stereocenters. The summed E-state index contributed by atoms with van der Waals surface area (Å²) in [7, 11) is 3.64. The number of hydrogen-bond acceptors (Lipinski definition) is 4. The summed E-state index contributed by atoms with van der Waals surface area (Å²) >= 11 is 0. The Balaban J connectivity index is 1.45. The molecule has 1 heterocycles. The van der Waals surface area contributed by atoms with Crippen molar-refractivity contribution in [2.45, 2.75) is 37.8 Å². The molecule has 1 saturated carbocycles. The SMILES string of the molecule is COc1ccccc1NC1CCN(CC(=O)N(C)C2CC2)CC1. The molecular formula is C18H27N3O2. The molecular weight excluding hydrogens is 290 g/mol. The summed E-state index contributed by atoms with van der Waals surface area (Å²) in [4.78, 5) is 16.4. The van der Waals surface area contributed by atoms with Gasteiger partial charge in [0, 0.05) is 32.2 Å². The summed E-state index contributed by atoms with van der Waals surface area (Å²) in [5.74, 6) is 1.15. The van der Waals surface area contributed by atoms with Crippen molar-refractivity contribution in [2.75, 3.05) is 39.1 Å². The first-order valence-electron chi connectivity index (χ1n) is 8.55. The number of nitrogens with one attached hydrogen (secondary N) is 1. The maximum atomic E-state index is 12.2. The molecule has 0 spiro atoms. The first kappa shape index (κ1) is 16.1. The van der Waals surface area contributed by atoms with Crippen LogP contribution in [-0.2, 0) is 4.79 Å². The number of piperidine rings is 1. The van der Waals surface area contributed by atoms with Crippen LogP contribution in [0.3, 0.4) is 0 Å². The van der Waals surface area contributed by atoms with Crippen LogP contribution < -0.4 is 10.1 Å². The average Bonchev–Trinajstić information content (AvgIpc) is 3.41. The molecule has 1 saturated heterocycles. The number of para-hydroxylation sites is 2. The Morgan fingerprint density at radius 2 is 1.96 bits per heavy atom. The first-order valence-corrected chi connectivity index (χ1v) is 8.55. The van der Waals surface area contributed by atoms with Gasteiger partial charge in [-0.25, -0.2) is 0 Å². The number of likely N-dealkylation sites (tertiary alicyclic amines) is 1. The number of carbonyl (C=O) groups is 1. The maximum Gasteiger partial charge on any atom is 0.236 e. The Morgan fingerprint density at radius 3 is 2.61 bits per heavy atom. The van der Waals surface area contributed by atoms with Crippen LogP contribution in [0, 0.1) is 0 Å². The third-order valence-corrected chi connectivity index (χ3v) is 4.90.